The van der Waals surface area contributed by atoms with Crippen LogP contribution in [-0.4, -0.2) is 21.2 Å². The summed E-state index contributed by atoms with van der Waals surface area (Å²) in [5.41, 5.74) is 5.23. The van der Waals surface area contributed by atoms with E-state index in [0.29, 0.717) is 0 Å². The predicted octanol–water partition coefficient (Wildman–Crippen LogP) is 1.42. The molecule has 1 aromatic heterocycles. The van der Waals surface area contributed by atoms with Crippen LogP contribution in [0.1, 0.15) is 0 Å². The molecule has 3 N–H and O–H groups in total. The summed E-state index contributed by atoms with van der Waals surface area (Å²) >= 11 is 10.9. The maximum Gasteiger partial charge on any atom is 0.512 e. The lowest BCUT2D eigenvalue weighted by Crippen LogP contribution is -2.08. The van der Waals surface area contributed by atoms with Gasteiger partial charge in [0.15, 0.2) is 16.1 Å². The largest absolute Gasteiger partial charge is 0.512 e. The zero-order valence-electron chi connectivity index (χ0n) is 5.99. The molecule has 0 aromatic carbocycles. The molecule has 0 radical (unpaired) electrons. The van der Waals surface area contributed by atoms with Crippen LogP contribution < -0.4 is 10.5 Å². The van der Waals surface area contributed by atoms with Crippen LogP contribution in [0.25, 0.3) is 0 Å². The van der Waals surface area contributed by atoms with Gasteiger partial charge in [0.05, 0.1) is 0 Å². The fraction of sp³-hybridized carbons (Fsp3) is 0. The van der Waals surface area contributed by atoms with Gasteiger partial charge >= 0.3 is 6.16 Å². The van der Waals surface area contributed by atoms with Crippen LogP contribution in [0.4, 0.5) is 10.6 Å². The lowest BCUT2D eigenvalue weighted by atomic mass is 10.6. The van der Waals surface area contributed by atoms with Gasteiger partial charge in [0, 0.05) is 0 Å². The Morgan fingerprint density at radius 2 is 1.92 bits per heavy atom. The smallest absolute Gasteiger partial charge is 0.449 e. The topological polar surface area (TPSA) is 98.3 Å². The van der Waals surface area contributed by atoms with E-state index in [9.17, 15) is 4.79 Å². The molecule has 70 valence electrons. The number of hydrogen-bond donors (Lipinski definition) is 2. The minimum atomic E-state index is -1.56. The SMILES string of the molecule is Nc1nc(Cl)c(Cl)nc1OC(=O)O. The third-order valence-electron chi connectivity index (χ3n) is 0.992. The molecule has 0 unspecified atom stereocenters. The third kappa shape index (κ3) is 2.33. The fourth-order valence-corrected chi connectivity index (χ4v) is 0.802. The monoisotopic (exact) mass is 223 g/mol. The molecule has 13 heavy (non-hydrogen) atoms. The molecule has 0 fully saturated rings. The van der Waals surface area contributed by atoms with Crippen molar-refractivity contribution in [2.75, 3.05) is 5.73 Å². The number of nitrogens with zero attached hydrogens (tertiary/aromatic N) is 2. The van der Waals surface area contributed by atoms with E-state index in [4.69, 9.17) is 34.0 Å². The van der Waals surface area contributed by atoms with Crippen molar-refractivity contribution in [3.63, 3.8) is 0 Å². The maximum atomic E-state index is 10.1. The van der Waals surface area contributed by atoms with Gasteiger partial charge in [0.2, 0.25) is 0 Å². The summed E-state index contributed by atoms with van der Waals surface area (Å²) in [7, 11) is 0. The highest BCUT2D eigenvalue weighted by Gasteiger charge is 2.12. The van der Waals surface area contributed by atoms with Crippen LogP contribution in [0, 0.1) is 0 Å². The zero-order chi connectivity index (χ0) is 10.0. The van der Waals surface area contributed by atoms with Gasteiger partial charge in [0.1, 0.15) is 0 Å². The van der Waals surface area contributed by atoms with Crippen molar-refractivity contribution >= 4 is 35.2 Å². The fourth-order valence-electron chi connectivity index (χ4n) is 0.550. The number of hydrogen-bond acceptors (Lipinski definition) is 5. The molecule has 0 amide bonds. The molecule has 0 aliphatic heterocycles. The molecule has 0 aliphatic carbocycles. The van der Waals surface area contributed by atoms with Crippen molar-refractivity contribution in [2.24, 2.45) is 0 Å². The van der Waals surface area contributed by atoms with Crippen LogP contribution in [0.5, 0.6) is 5.88 Å². The number of nitrogen functional groups attached to an aromatic ring is 1. The summed E-state index contributed by atoms with van der Waals surface area (Å²) in [6, 6.07) is 0. The Kier molecular flexibility index (Phi) is 2.74. The van der Waals surface area contributed by atoms with E-state index in [-0.39, 0.29) is 22.0 Å². The summed E-state index contributed by atoms with van der Waals surface area (Å²) in [4.78, 5) is 17.0. The Morgan fingerprint density at radius 3 is 2.46 bits per heavy atom. The van der Waals surface area contributed by atoms with E-state index in [2.05, 4.69) is 14.7 Å². The highest BCUT2D eigenvalue weighted by molar-refractivity contribution is 6.40. The van der Waals surface area contributed by atoms with Gasteiger partial charge in [-0.15, -0.1) is 0 Å². The van der Waals surface area contributed by atoms with Crippen molar-refractivity contribution in [2.45, 2.75) is 0 Å². The lowest BCUT2D eigenvalue weighted by molar-refractivity contribution is 0.142. The first kappa shape index (κ1) is 9.82. The Bertz CT molecular complexity index is 357. The standard InChI is InChI=1S/C5H3Cl2N3O3/c6-1-2(7)10-4(3(8)9-1)13-5(11)12/h(H2,8,9)(H,11,12). The average Bonchev–Trinajstić information content (AvgIpc) is 1.99. The van der Waals surface area contributed by atoms with Crippen LogP contribution in [0.15, 0.2) is 0 Å². The van der Waals surface area contributed by atoms with Crippen molar-refractivity contribution in [1.82, 2.24) is 9.97 Å². The molecule has 6 nitrogen and oxygen atoms in total. The highest BCUT2D eigenvalue weighted by Crippen LogP contribution is 2.24. The molecule has 0 spiro atoms. The van der Waals surface area contributed by atoms with Crippen molar-refractivity contribution in [1.29, 1.82) is 0 Å². The highest BCUT2D eigenvalue weighted by atomic mass is 35.5. The van der Waals surface area contributed by atoms with Gasteiger partial charge in [-0.05, 0) is 0 Å². The summed E-state index contributed by atoms with van der Waals surface area (Å²) < 4.78 is 4.16. The number of carbonyl (C=O) groups is 1. The Morgan fingerprint density at radius 1 is 1.38 bits per heavy atom. The number of carboxylic acid groups (broad SMARTS) is 1. The normalized spacial score (nSPS) is 9.69. The summed E-state index contributed by atoms with van der Waals surface area (Å²) in [5, 5.41) is 7.94. The van der Waals surface area contributed by atoms with Crippen LogP contribution >= 0.6 is 23.2 Å². The quantitative estimate of drug-likeness (QED) is 0.700. The Hall–Kier alpha value is -1.27. The van der Waals surface area contributed by atoms with E-state index in [1.165, 1.54) is 0 Å². The molecule has 0 saturated heterocycles. The lowest BCUT2D eigenvalue weighted by Gasteiger charge is -2.02. The molecular weight excluding hydrogens is 221 g/mol. The second-order valence-corrected chi connectivity index (χ2v) is 2.58. The number of ether oxygens (including phenoxy) is 1. The van der Waals surface area contributed by atoms with E-state index in [1.54, 1.807) is 0 Å². The van der Waals surface area contributed by atoms with Crippen LogP contribution in [0.2, 0.25) is 10.3 Å². The van der Waals surface area contributed by atoms with Crippen molar-refractivity contribution in [3.05, 3.63) is 10.3 Å². The first-order valence-electron chi connectivity index (χ1n) is 2.90. The zero-order valence-corrected chi connectivity index (χ0v) is 7.50. The first-order chi connectivity index (χ1) is 6.00. The second-order valence-electron chi connectivity index (χ2n) is 1.86. The average molecular weight is 224 g/mol. The molecule has 8 heteroatoms. The number of rotatable bonds is 1. The minimum Gasteiger partial charge on any atom is -0.449 e. The minimum absolute atomic E-state index is 0.114. The molecule has 0 aliphatic rings. The van der Waals surface area contributed by atoms with Crippen molar-refractivity contribution < 1.29 is 14.6 Å². The molecule has 0 atom stereocenters. The molecule has 0 saturated carbocycles. The van der Waals surface area contributed by atoms with Crippen molar-refractivity contribution in [3.8, 4) is 5.88 Å². The van der Waals surface area contributed by atoms with Gasteiger partial charge in [-0.2, -0.15) is 4.98 Å². The van der Waals surface area contributed by atoms with E-state index in [0.717, 1.165) is 0 Å². The molecule has 1 aromatic rings. The van der Waals surface area contributed by atoms with Gasteiger partial charge in [0.25, 0.3) is 5.88 Å². The molecular formula is C5H3Cl2N3O3. The van der Waals surface area contributed by atoms with Gasteiger partial charge in [-0.3, -0.25) is 0 Å². The predicted molar refractivity (Wildman–Crippen MR) is 45.1 cm³/mol. The van der Waals surface area contributed by atoms with E-state index >= 15 is 0 Å². The van der Waals surface area contributed by atoms with E-state index < -0.39 is 6.16 Å². The number of anilines is 1. The van der Waals surface area contributed by atoms with Crippen LogP contribution in [-0.2, 0) is 0 Å². The summed E-state index contributed by atoms with van der Waals surface area (Å²) in [5.74, 6) is -0.626. The van der Waals surface area contributed by atoms with E-state index in [1.807, 2.05) is 0 Å². The van der Waals surface area contributed by atoms with Crippen LogP contribution in [0.3, 0.4) is 0 Å². The third-order valence-corrected chi connectivity index (χ3v) is 1.62. The second kappa shape index (κ2) is 3.63. The maximum absolute atomic E-state index is 10.1. The van der Waals surface area contributed by atoms with Gasteiger partial charge in [-0.25, -0.2) is 9.78 Å². The summed E-state index contributed by atoms with van der Waals surface area (Å²) in [6.07, 6.45) is -1.56. The van der Waals surface area contributed by atoms with Gasteiger partial charge in [-0.1, -0.05) is 23.2 Å². The molecule has 1 rings (SSSR count). The Balaban J connectivity index is 3.08. The summed E-state index contributed by atoms with van der Waals surface area (Å²) in [6.45, 7) is 0. The number of aromatic nitrogens is 2. The molecule has 0 bridgehead atoms. The first-order valence-corrected chi connectivity index (χ1v) is 3.65. The Labute approximate surface area is 82.3 Å². The molecule has 1 heterocycles. The number of nitrogens with two attached hydrogens (primary N) is 1. The van der Waals surface area contributed by atoms with Gasteiger partial charge < -0.3 is 15.6 Å². The number of halogens is 2.